The summed E-state index contributed by atoms with van der Waals surface area (Å²) in [7, 11) is 0. The Hall–Kier alpha value is -3.68. The fourth-order valence-corrected chi connectivity index (χ4v) is 4.20. The summed E-state index contributed by atoms with van der Waals surface area (Å²) >= 11 is 0. The van der Waals surface area contributed by atoms with Crippen LogP contribution in [0.1, 0.15) is 63.2 Å². The Bertz CT molecular complexity index is 1050. The molecule has 1 aliphatic heterocycles. The van der Waals surface area contributed by atoms with Gasteiger partial charge in [0.1, 0.15) is 12.4 Å². The molecule has 1 fully saturated rings. The number of fused-ring (bicyclic) bond motifs is 1. The second-order valence-corrected chi connectivity index (χ2v) is 8.12. The number of nitrogens with zero attached hydrogens (tertiary/aromatic N) is 1. The molecule has 0 aromatic heterocycles. The minimum absolute atomic E-state index is 0.0869. The fourth-order valence-electron chi connectivity index (χ4n) is 4.20. The molecule has 2 aliphatic rings. The Balaban J connectivity index is 1.27. The summed E-state index contributed by atoms with van der Waals surface area (Å²) in [4.78, 5) is 51.3. The first-order chi connectivity index (χ1) is 16.0. The highest BCUT2D eigenvalue weighted by atomic mass is 16.5. The van der Waals surface area contributed by atoms with E-state index in [1.807, 2.05) is 30.3 Å². The van der Waals surface area contributed by atoms with Crippen molar-refractivity contribution in [2.75, 3.05) is 19.8 Å². The zero-order valence-electron chi connectivity index (χ0n) is 18.2. The Morgan fingerprint density at radius 1 is 0.939 bits per heavy atom. The summed E-state index contributed by atoms with van der Waals surface area (Å²) in [5.74, 6) is -1.17. The summed E-state index contributed by atoms with van der Waals surface area (Å²) in [6.45, 7) is 0.0855. The summed E-state index contributed by atoms with van der Waals surface area (Å²) < 4.78 is 10.5. The first-order valence-electron chi connectivity index (χ1n) is 11.2. The van der Waals surface area contributed by atoms with Crippen LogP contribution >= 0.6 is 0 Å². The Morgan fingerprint density at radius 3 is 2.42 bits per heavy atom. The molecule has 1 aliphatic carbocycles. The van der Waals surface area contributed by atoms with Crippen LogP contribution in [0.5, 0.6) is 5.75 Å². The van der Waals surface area contributed by atoms with Crippen molar-refractivity contribution in [2.45, 2.75) is 38.1 Å². The van der Waals surface area contributed by atoms with Gasteiger partial charge in [-0.2, -0.15) is 0 Å². The average Bonchev–Trinajstić information content (AvgIpc) is 3.10. The lowest BCUT2D eigenvalue weighted by molar-refractivity contribution is -0.124. The second kappa shape index (κ2) is 10.3. The maximum atomic E-state index is 12.9. The molecule has 0 radical (unpaired) electrons. The average molecular weight is 450 g/mol. The molecule has 3 amide bonds. The zero-order valence-corrected chi connectivity index (χ0v) is 18.2. The highest BCUT2D eigenvalue weighted by Gasteiger charge is 2.40. The minimum atomic E-state index is -0.732. The van der Waals surface area contributed by atoms with Gasteiger partial charge in [0.05, 0.1) is 23.2 Å². The molecular formula is C25H26N2O6. The lowest BCUT2D eigenvalue weighted by Gasteiger charge is -2.29. The van der Waals surface area contributed by atoms with Gasteiger partial charge in [-0.3, -0.25) is 19.3 Å². The molecule has 0 saturated heterocycles. The molecule has 33 heavy (non-hydrogen) atoms. The van der Waals surface area contributed by atoms with Crippen LogP contribution in [0, 0.1) is 0 Å². The fraction of sp³-hybridized carbons (Fsp3) is 0.360. The van der Waals surface area contributed by atoms with E-state index in [-0.39, 0.29) is 42.1 Å². The van der Waals surface area contributed by atoms with Crippen molar-refractivity contribution in [1.82, 2.24) is 10.2 Å². The highest BCUT2D eigenvalue weighted by molar-refractivity contribution is 6.22. The van der Waals surface area contributed by atoms with Crippen molar-refractivity contribution in [3.63, 3.8) is 0 Å². The molecule has 0 unspecified atom stereocenters. The molecule has 0 atom stereocenters. The SMILES string of the molecule is O=C(COC(=O)c1ccc2c(c1)C(=O)N(C1CCCCC1)C2=O)NCCOc1ccccc1. The van der Waals surface area contributed by atoms with Crippen LogP contribution in [-0.2, 0) is 9.53 Å². The van der Waals surface area contributed by atoms with Crippen molar-refractivity contribution < 1.29 is 28.7 Å². The van der Waals surface area contributed by atoms with E-state index in [1.54, 1.807) is 0 Å². The molecule has 8 nitrogen and oxygen atoms in total. The molecule has 1 heterocycles. The standard InChI is InChI=1S/C25H26N2O6/c28-22(26-13-14-32-19-9-5-2-6-10-19)16-33-25(31)17-11-12-20-21(15-17)24(30)27(23(20)29)18-7-3-1-4-8-18/h2,5-6,9-12,15,18H,1,3-4,7-8,13-14,16H2,(H,26,28). The third kappa shape index (κ3) is 5.22. The number of ether oxygens (including phenoxy) is 2. The summed E-state index contributed by atoms with van der Waals surface area (Å²) in [6.07, 6.45) is 4.73. The smallest absolute Gasteiger partial charge is 0.338 e. The van der Waals surface area contributed by atoms with Gasteiger partial charge >= 0.3 is 5.97 Å². The largest absolute Gasteiger partial charge is 0.492 e. The van der Waals surface area contributed by atoms with E-state index in [4.69, 9.17) is 9.47 Å². The summed E-state index contributed by atoms with van der Waals surface area (Å²) in [5, 5.41) is 2.61. The van der Waals surface area contributed by atoms with Crippen molar-refractivity contribution in [3.8, 4) is 5.75 Å². The molecule has 2 aromatic rings. The number of carbonyl (C=O) groups excluding carboxylic acids is 4. The van der Waals surface area contributed by atoms with Crippen molar-refractivity contribution >= 4 is 23.7 Å². The predicted octanol–water partition coefficient (Wildman–Crippen LogP) is 2.97. The maximum Gasteiger partial charge on any atom is 0.338 e. The number of carbonyl (C=O) groups is 4. The van der Waals surface area contributed by atoms with Crippen LogP contribution in [0.4, 0.5) is 0 Å². The number of amides is 3. The first kappa shape index (κ1) is 22.5. The molecule has 0 spiro atoms. The van der Waals surface area contributed by atoms with Crippen LogP contribution in [0.15, 0.2) is 48.5 Å². The van der Waals surface area contributed by atoms with Gasteiger partial charge in [-0.05, 0) is 43.2 Å². The van der Waals surface area contributed by atoms with Crippen molar-refractivity contribution in [3.05, 3.63) is 65.2 Å². The first-order valence-corrected chi connectivity index (χ1v) is 11.2. The molecular weight excluding hydrogens is 424 g/mol. The maximum absolute atomic E-state index is 12.9. The van der Waals surface area contributed by atoms with Crippen LogP contribution in [0.25, 0.3) is 0 Å². The van der Waals surface area contributed by atoms with E-state index in [1.165, 1.54) is 23.1 Å². The van der Waals surface area contributed by atoms with Gasteiger partial charge in [0.2, 0.25) is 0 Å². The van der Waals surface area contributed by atoms with Gasteiger partial charge in [0, 0.05) is 6.04 Å². The second-order valence-electron chi connectivity index (χ2n) is 8.12. The van der Waals surface area contributed by atoms with Crippen LogP contribution in [-0.4, -0.2) is 54.4 Å². The lowest BCUT2D eigenvalue weighted by Crippen LogP contribution is -2.40. The number of rotatable bonds is 8. The van der Waals surface area contributed by atoms with E-state index < -0.39 is 18.5 Å². The zero-order chi connectivity index (χ0) is 23.2. The molecule has 1 N–H and O–H groups in total. The van der Waals surface area contributed by atoms with E-state index in [0.29, 0.717) is 11.3 Å². The number of hydrogen-bond acceptors (Lipinski definition) is 6. The molecule has 172 valence electrons. The monoisotopic (exact) mass is 450 g/mol. The van der Waals surface area contributed by atoms with Gasteiger partial charge in [-0.25, -0.2) is 4.79 Å². The van der Waals surface area contributed by atoms with E-state index in [2.05, 4.69) is 5.32 Å². The molecule has 8 heteroatoms. The Morgan fingerprint density at radius 2 is 1.67 bits per heavy atom. The van der Waals surface area contributed by atoms with Gasteiger partial charge < -0.3 is 14.8 Å². The third-order valence-corrected chi connectivity index (χ3v) is 5.86. The number of esters is 1. The van der Waals surface area contributed by atoms with Gasteiger partial charge in [-0.1, -0.05) is 37.5 Å². The molecule has 0 bridgehead atoms. The van der Waals surface area contributed by atoms with Gasteiger partial charge in [0.15, 0.2) is 6.61 Å². The number of nitrogens with one attached hydrogen (secondary N) is 1. The quantitative estimate of drug-likeness (QED) is 0.377. The molecule has 1 saturated carbocycles. The number of imide groups is 1. The van der Waals surface area contributed by atoms with Gasteiger partial charge in [-0.15, -0.1) is 0 Å². The summed E-state index contributed by atoms with van der Waals surface area (Å²) in [6, 6.07) is 13.4. The lowest BCUT2D eigenvalue weighted by atomic mass is 9.94. The minimum Gasteiger partial charge on any atom is -0.492 e. The number of hydrogen-bond donors (Lipinski definition) is 1. The number of para-hydroxylation sites is 1. The normalized spacial score (nSPS) is 15.8. The van der Waals surface area contributed by atoms with Crippen LogP contribution in [0.2, 0.25) is 0 Å². The third-order valence-electron chi connectivity index (χ3n) is 5.86. The highest BCUT2D eigenvalue weighted by Crippen LogP contribution is 2.31. The van der Waals surface area contributed by atoms with Crippen LogP contribution in [0.3, 0.4) is 0 Å². The predicted molar refractivity (Wildman–Crippen MR) is 119 cm³/mol. The van der Waals surface area contributed by atoms with Gasteiger partial charge in [0.25, 0.3) is 17.7 Å². The van der Waals surface area contributed by atoms with Crippen LogP contribution < -0.4 is 10.1 Å². The van der Waals surface area contributed by atoms with Crippen molar-refractivity contribution in [2.24, 2.45) is 0 Å². The molecule has 2 aromatic carbocycles. The Labute approximate surface area is 191 Å². The van der Waals surface area contributed by atoms with Crippen molar-refractivity contribution in [1.29, 1.82) is 0 Å². The number of benzene rings is 2. The van der Waals surface area contributed by atoms with E-state index in [0.717, 1.165) is 32.1 Å². The van der Waals surface area contributed by atoms with E-state index >= 15 is 0 Å². The van der Waals surface area contributed by atoms with E-state index in [9.17, 15) is 19.2 Å². The molecule has 4 rings (SSSR count). The summed E-state index contributed by atoms with van der Waals surface area (Å²) in [5.41, 5.74) is 0.640. The topological polar surface area (TPSA) is 102 Å². The Kier molecular flexibility index (Phi) is 7.02.